The van der Waals surface area contributed by atoms with Crippen molar-refractivity contribution >= 4 is 46.0 Å². The lowest BCUT2D eigenvalue weighted by Gasteiger charge is -2.34. The Labute approximate surface area is 237 Å². The molecule has 1 aromatic heterocycles. The summed E-state index contributed by atoms with van der Waals surface area (Å²) >= 11 is 0.678. The predicted molar refractivity (Wildman–Crippen MR) is 137 cm³/mol. The van der Waals surface area contributed by atoms with Gasteiger partial charge in [-0.2, -0.15) is 31.4 Å². The molecule has 2 fully saturated rings. The molecule has 0 saturated carbocycles. The van der Waals surface area contributed by atoms with Gasteiger partial charge in [-0.25, -0.2) is 4.79 Å². The van der Waals surface area contributed by atoms with E-state index in [1.807, 2.05) is 0 Å². The third kappa shape index (κ3) is 5.94. The Balaban J connectivity index is 1.36. The molecule has 2 aliphatic heterocycles. The Morgan fingerprint density at radius 3 is 2.55 bits per heavy atom. The minimum atomic E-state index is -5.02. The second kappa shape index (κ2) is 11.0. The first-order valence-corrected chi connectivity index (χ1v) is 13.1. The molecule has 2 aliphatic rings. The zero-order chi connectivity index (χ0) is 30.4. The Morgan fingerprint density at radius 1 is 1.10 bits per heavy atom. The minimum absolute atomic E-state index is 0.0324. The molecule has 0 bridgehead atoms. The van der Waals surface area contributed by atoms with Crippen LogP contribution >= 0.6 is 11.8 Å². The van der Waals surface area contributed by atoms with Crippen LogP contribution in [-0.2, 0) is 28.4 Å². The number of carbonyl (C=O) groups is 3. The number of nitrogens with zero attached hydrogens (tertiary/aromatic N) is 4. The molecule has 1 N–H and O–H groups in total. The summed E-state index contributed by atoms with van der Waals surface area (Å²) in [7, 11) is 0. The van der Waals surface area contributed by atoms with Gasteiger partial charge in [0, 0.05) is 11.9 Å². The molecule has 0 unspecified atom stereocenters. The van der Waals surface area contributed by atoms with Crippen LogP contribution in [0.4, 0.5) is 35.9 Å². The fraction of sp³-hybridized carbons (Fsp3) is 0.308. The van der Waals surface area contributed by atoms with Gasteiger partial charge in [0.25, 0.3) is 11.1 Å². The standard InChI is InChI=1S/C26H20F6N4O5S/c27-25(28,29)17-3-2-15(19(9-17)26(30,31)32)11-36-20-4-1-14(7-16(20)10-33-36)8-21-22(37)35(24(40)42-21)12-18-13-41-6-5-34(18)23(38)39/h1-4,7-10,18H,5-6,11-13H2,(H,38,39)/t18-/m1/s1. The fourth-order valence-corrected chi connectivity index (χ4v) is 5.56. The quantitative estimate of drug-likeness (QED) is 0.297. The zero-order valence-electron chi connectivity index (χ0n) is 21.3. The van der Waals surface area contributed by atoms with Crippen LogP contribution < -0.4 is 0 Å². The van der Waals surface area contributed by atoms with Gasteiger partial charge >= 0.3 is 18.4 Å². The van der Waals surface area contributed by atoms with Gasteiger partial charge in [-0.3, -0.25) is 24.1 Å². The van der Waals surface area contributed by atoms with Gasteiger partial charge < -0.3 is 9.84 Å². The zero-order valence-corrected chi connectivity index (χ0v) is 22.1. The number of fused-ring (bicyclic) bond motifs is 1. The molecule has 3 amide bonds. The largest absolute Gasteiger partial charge is 0.465 e. The molecular formula is C26H20F6N4O5S. The number of rotatable bonds is 5. The van der Waals surface area contributed by atoms with Crippen molar-refractivity contribution in [3.8, 4) is 0 Å². The van der Waals surface area contributed by atoms with Gasteiger partial charge in [0.1, 0.15) is 0 Å². The molecule has 0 aliphatic carbocycles. The van der Waals surface area contributed by atoms with E-state index in [1.165, 1.54) is 23.0 Å². The van der Waals surface area contributed by atoms with Gasteiger partial charge in [0.15, 0.2) is 0 Å². The maximum Gasteiger partial charge on any atom is 0.416 e. The minimum Gasteiger partial charge on any atom is -0.465 e. The molecule has 222 valence electrons. The van der Waals surface area contributed by atoms with Crippen LogP contribution in [0.1, 0.15) is 22.3 Å². The molecule has 16 heteroatoms. The molecule has 42 heavy (non-hydrogen) atoms. The Bertz CT molecular complexity index is 1600. The number of ether oxygens (including phenoxy) is 1. The van der Waals surface area contributed by atoms with Crippen LogP contribution in [0.5, 0.6) is 0 Å². The number of carboxylic acid groups (broad SMARTS) is 1. The molecule has 3 heterocycles. The second-order valence-corrected chi connectivity index (χ2v) is 10.5. The number of hydrogen-bond acceptors (Lipinski definition) is 6. The molecular weight excluding hydrogens is 594 g/mol. The molecule has 9 nitrogen and oxygen atoms in total. The van der Waals surface area contributed by atoms with Crippen molar-refractivity contribution in [1.29, 1.82) is 0 Å². The number of thioether (sulfide) groups is 1. The lowest BCUT2D eigenvalue weighted by Crippen LogP contribution is -2.53. The first kappa shape index (κ1) is 29.4. The number of amides is 3. The normalized spacial score (nSPS) is 19.4. The number of alkyl halides is 6. The third-order valence-corrected chi connectivity index (χ3v) is 7.67. The SMILES string of the molecule is O=C1SC(=Cc2ccc3c(cnn3Cc3ccc(C(F)(F)F)cc3C(F)(F)F)c2)C(=O)N1C[C@@H]1COCCN1C(=O)O. The highest BCUT2D eigenvalue weighted by molar-refractivity contribution is 8.18. The molecule has 2 saturated heterocycles. The van der Waals surface area contributed by atoms with Crippen LogP contribution in [0.3, 0.4) is 0 Å². The maximum atomic E-state index is 13.6. The summed E-state index contributed by atoms with van der Waals surface area (Å²) in [5.41, 5.74) is -2.36. The van der Waals surface area contributed by atoms with E-state index in [4.69, 9.17) is 4.74 Å². The summed E-state index contributed by atoms with van der Waals surface area (Å²) in [5, 5.41) is 13.4. The smallest absolute Gasteiger partial charge is 0.416 e. The number of imide groups is 1. The van der Waals surface area contributed by atoms with E-state index >= 15 is 0 Å². The summed E-state index contributed by atoms with van der Waals surface area (Å²) in [4.78, 5) is 39.2. The van der Waals surface area contributed by atoms with Crippen LogP contribution in [0, 0.1) is 0 Å². The van der Waals surface area contributed by atoms with Crippen molar-refractivity contribution in [1.82, 2.24) is 19.6 Å². The summed E-state index contributed by atoms with van der Waals surface area (Å²) in [6.07, 6.45) is -8.34. The highest BCUT2D eigenvalue weighted by Crippen LogP contribution is 2.38. The van der Waals surface area contributed by atoms with E-state index in [0.29, 0.717) is 34.3 Å². The number of hydrogen-bond donors (Lipinski definition) is 1. The second-order valence-electron chi connectivity index (χ2n) is 9.48. The average Bonchev–Trinajstić information content (AvgIpc) is 3.42. The molecule has 0 spiro atoms. The average molecular weight is 615 g/mol. The molecule has 3 aromatic rings. The lowest BCUT2D eigenvalue weighted by molar-refractivity contribution is -0.143. The Morgan fingerprint density at radius 2 is 1.86 bits per heavy atom. The Kier molecular flexibility index (Phi) is 7.70. The van der Waals surface area contributed by atoms with Crippen molar-refractivity contribution in [2.75, 3.05) is 26.3 Å². The van der Waals surface area contributed by atoms with Gasteiger partial charge in [0.05, 0.1) is 60.1 Å². The first-order valence-electron chi connectivity index (χ1n) is 12.3. The van der Waals surface area contributed by atoms with Crippen molar-refractivity contribution in [3.05, 3.63) is 69.8 Å². The van der Waals surface area contributed by atoms with E-state index < -0.39 is 58.9 Å². The highest BCUT2D eigenvalue weighted by atomic mass is 32.2. The number of carbonyl (C=O) groups excluding carboxylic acids is 2. The first-order chi connectivity index (χ1) is 19.7. The van der Waals surface area contributed by atoms with E-state index in [2.05, 4.69) is 5.10 Å². The summed E-state index contributed by atoms with van der Waals surface area (Å²) < 4.78 is 86.3. The number of aromatic nitrogens is 2. The summed E-state index contributed by atoms with van der Waals surface area (Å²) in [6.45, 7) is -0.283. The number of halogens is 6. The summed E-state index contributed by atoms with van der Waals surface area (Å²) in [5.74, 6) is -0.612. The highest BCUT2D eigenvalue weighted by Gasteiger charge is 2.40. The summed E-state index contributed by atoms with van der Waals surface area (Å²) in [6, 6.07) is 5.39. The van der Waals surface area contributed by atoms with Crippen LogP contribution in [-0.4, -0.2) is 74.3 Å². The maximum absolute atomic E-state index is 13.6. The third-order valence-electron chi connectivity index (χ3n) is 6.77. The van der Waals surface area contributed by atoms with Gasteiger partial charge in [-0.15, -0.1) is 0 Å². The van der Waals surface area contributed by atoms with Gasteiger partial charge in [-0.05, 0) is 53.2 Å². The number of morpholine rings is 1. The van der Waals surface area contributed by atoms with Gasteiger partial charge in [-0.1, -0.05) is 12.1 Å². The van der Waals surface area contributed by atoms with Crippen molar-refractivity contribution < 1.29 is 50.6 Å². The van der Waals surface area contributed by atoms with E-state index in [0.717, 1.165) is 15.9 Å². The lowest BCUT2D eigenvalue weighted by atomic mass is 10.0. The van der Waals surface area contributed by atoms with Crippen molar-refractivity contribution in [2.24, 2.45) is 0 Å². The topological polar surface area (TPSA) is 105 Å². The van der Waals surface area contributed by atoms with E-state index in [9.17, 15) is 45.8 Å². The van der Waals surface area contributed by atoms with Crippen molar-refractivity contribution in [3.63, 3.8) is 0 Å². The molecule has 2 aromatic carbocycles. The monoisotopic (exact) mass is 614 g/mol. The predicted octanol–water partition coefficient (Wildman–Crippen LogP) is 5.54. The number of benzene rings is 2. The fourth-order valence-electron chi connectivity index (χ4n) is 4.71. The van der Waals surface area contributed by atoms with E-state index in [-0.39, 0.29) is 37.3 Å². The molecule has 1 atom stereocenters. The van der Waals surface area contributed by atoms with Crippen LogP contribution in [0.2, 0.25) is 0 Å². The van der Waals surface area contributed by atoms with Crippen LogP contribution in [0.15, 0.2) is 47.5 Å². The molecule has 0 radical (unpaired) electrons. The van der Waals surface area contributed by atoms with Crippen molar-refractivity contribution in [2.45, 2.75) is 24.9 Å². The Hall–Kier alpha value is -4.05. The van der Waals surface area contributed by atoms with Crippen LogP contribution in [0.25, 0.3) is 17.0 Å². The van der Waals surface area contributed by atoms with Gasteiger partial charge in [0.2, 0.25) is 0 Å². The molecule has 5 rings (SSSR count). The van der Waals surface area contributed by atoms with E-state index in [1.54, 1.807) is 12.1 Å².